The van der Waals surface area contributed by atoms with Gasteiger partial charge in [0.15, 0.2) is 5.76 Å². The van der Waals surface area contributed by atoms with E-state index >= 15 is 0 Å². The lowest BCUT2D eigenvalue weighted by Crippen LogP contribution is -2.43. The Labute approximate surface area is 119 Å². The third kappa shape index (κ3) is 3.08. The molecule has 1 aromatic carbocycles. The lowest BCUT2D eigenvalue weighted by Gasteiger charge is -2.31. The molecule has 1 aromatic heterocycles. The summed E-state index contributed by atoms with van der Waals surface area (Å²) < 4.78 is 5.45. The maximum absolute atomic E-state index is 5.45. The first kappa shape index (κ1) is 13.3. The van der Waals surface area contributed by atoms with E-state index < -0.39 is 0 Å². The molecule has 1 N–H and O–H groups in total. The molecule has 1 aliphatic rings. The fourth-order valence-electron chi connectivity index (χ4n) is 2.79. The van der Waals surface area contributed by atoms with E-state index in [1.807, 2.05) is 37.4 Å². The maximum Gasteiger partial charge on any atom is 0.167 e. The van der Waals surface area contributed by atoms with E-state index in [9.17, 15) is 0 Å². The fourth-order valence-corrected chi connectivity index (χ4v) is 2.79. The van der Waals surface area contributed by atoms with Crippen molar-refractivity contribution < 1.29 is 4.52 Å². The van der Waals surface area contributed by atoms with E-state index in [1.165, 1.54) is 12.8 Å². The van der Waals surface area contributed by atoms with Gasteiger partial charge in [-0.3, -0.25) is 4.90 Å². The van der Waals surface area contributed by atoms with Crippen LogP contribution in [0.5, 0.6) is 0 Å². The second-order valence-corrected chi connectivity index (χ2v) is 5.41. The minimum absolute atomic E-state index is 0.601. The van der Waals surface area contributed by atoms with Crippen LogP contribution in [0.15, 0.2) is 40.9 Å². The molecule has 0 radical (unpaired) electrons. The highest BCUT2D eigenvalue weighted by molar-refractivity contribution is 5.56. The molecule has 0 spiro atoms. The van der Waals surface area contributed by atoms with Crippen molar-refractivity contribution in [3.63, 3.8) is 0 Å². The highest BCUT2D eigenvalue weighted by atomic mass is 16.5. The van der Waals surface area contributed by atoms with E-state index in [4.69, 9.17) is 4.52 Å². The van der Waals surface area contributed by atoms with E-state index in [-0.39, 0.29) is 0 Å². The summed E-state index contributed by atoms with van der Waals surface area (Å²) in [5.41, 5.74) is 2.10. The highest BCUT2D eigenvalue weighted by Crippen LogP contribution is 2.21. The van der Waals surface area contributed by atoms with Crippen LogP contribution in [0.2, 0.25) is 0 Å². The average Bonchev–Trinajstić information content (AvgIpc) is 2.97. The fraction of sp³-hybridized carbons (Fsp3) is 0.438. The van der Waals surface area contributed by atoms with E-state index in [0.717, 1.165) is 36.7 Å². The summed E-state index contributed by atoms with van der Waals surface area (Å²) in [5, 5.41) is 7.57. The smallest absolute Gasteiger partial charge is 0.167 e. The number of piperidine rings is 1. The first-order chi connectivity index (χ1) is 9.85. The van der Waals surface area contributed by atoms with Crippen LogP contribution in [-0.2, 0) is 6.54 Å². The van der Waals surface area contributed by atoms with Gasteiger partial charge in [-0.25, -0.2) is 0 Å². The molecule has 1 unspecified atom stereocenters. The Morgan fingerprint density at radius 3 is 3.00 bits per heavy atom. The van der Waals surface area contributed by atoms with Crippen molar-refractivity contribution in [3.8, 4) is 11.3 Å². The van der Waals surface area contributed by atoms with Crippen LogP contribution in [0.3, 0.4) is 0 Å². The molecule has 4 heteroatoms. The third-order valence-electron chi connectivity index (χ3n) is 3.92. The van der Waals surface area contributed by atoms with E-state index in [2.05, 4.69) is 21.4 Å². The topological polar surface area (TPSA) is 41.3 Å². The molecule has 0 amide bonds. The molecule has 1 saturated heterocycles. The van der Waals surface area contributed by atoms with Gasteiger partial charge in [0.05, 0.1) is 5.69 Å². The Morgan fingerprint density at radius 2 is 2.20 bits per heavy atom. The van der Waals surface area contributed by atoms with Crippen LogP contribution in [0.4, 0.5) is 0 Å². The number of hydrogen-bond donors (Lipinski definition) is 1. The summed E-state index contributed by atoms with van der Waals surface area (Å²) in [4.78, 5) is 2.44. The van der Waals surface area contributed by atoms with E-state index in [1.54, 1.807) is 0 Å². The summed E-state index contributed by atoms with van der Waals surface area (Å²) in [7, 11) is 2.04. The molecule has 2 aromatic rings. The molecule has 106 valence electrons. The highest BCUT2D eigenvalue weighted by Gasteiger charge is 2.19. The van der Waals surface area contributed by atoms with Crippen LogP contribution in [0, 0.1) is 0 Å². The zero-order valence-corrected chi connectivity index (χ0v) is 11.9. The molecule has 3 rings (SSSR count). The second-order valence-electron chi connectivity index (χ2n) is 5.41. The number of rotatable bonds is 4. The van der Waals surface area contributed by atoms with Gasteiger partial charge in [-0.05, 0) is 26.4 Å². The van der Waals surface area contributed by atoms with Crippen LogP contribution < -0.4 is 5.32 Å². The molecule has 1 aliphatic heterocycles. The molecule has 4 nitrogen and oxygen atoms in total. The van der Waals surface area contributed by atoms with Crippen molar-refractivity contribution >= 4 is 0 Å². The second kappa shape index (κ2) is 6.20. The molecule has 20 heavy (non-hydrogen) atoms. The zero-order chi connectivity index (χ0) is 13.8. The Bertz CT molecular complexity index is 538. The van der Waals surface area contributed by atoms with Gasteiger partial charge in [-0.2, -0.15) is 0 Å². The molecule has 1 fully saturated rings. The standard InChI is InChI=1S/C16H21N3O/c1-17-14-8-5-9-19(11-14)12-15-10-16(20-18-15)13-6-3-2-4-7-13/h2-4,6-7,10,14,17H,5,8-9,11-12H2,1H3. The predicted molar refractivity (Wildman–Crippen MR) is 79.3 cm³/mol. The van der Waals surface area contributed by atoms with Crippen molar-refractivity contribution in [1.29, 1.82) is 0 Å². The quantitative estimate of drug-likeness (QED) is 0.928. The zero-order valence-electron chi connectivity index (χ0n) is 11.9. The summed E-state index contributed by atoms with van der Waals surface area (Å²) in [5.74, 6) is 0.850. The number of hydrogen-bond acceptors (Lipinski definition) is 4. The summed E-state index contributed by atoms with van der Waals surface area (Å²) >= 11 is 0. The van der Waals surface area contributed by atoms with Crippen molar-refractivity contribution in [2.45, 2.75) is 25.4 Å². The molecule has 1 atom stereocenters. The Hall–Kier alpha value is -1.65. The minimum Gasteiger partial charge on any atom is -0.356 e. The van der Waals surface area contributed by atoms with Crippen molar-refractivity contribution in [2.24, 2.45) is 0 Å². The van der Waals surface area contributed by atoms with Crippen LogP contribution >= 0.6 is 0 Å². The van der Waals surface area contributed by atoms with E-state index in [0.29, 0.717) is 6.04 Å². The maximum atomic E-state index is 5.45. The third-order valence-corrected chi connectivity index (χ3v) is 3.92. The van der Waals surface area contributed by atoms with Crippen molar-refractivity contribution in [1.82, 2.24) is 15.4 Å². The number of likely N-dealkylation sites (N-methyl/N-ethyl adjacent to an activating group) is 1. The van der Waals surface area contributed by atoms with Crippen LogP contribution in [-0.4, -0.2) is 36.2 Å². The van der Waals surface area contributed by atoms with Gasteiger partial charge < -0.3 is 9.84 Å². The lowest BCUT2D eigenvalue weighted by molar-refractivity contribution is 0.183. The van der Waals surface area contributed by atoms with Crippen LogP contribution in [0.25, 0.3) is 11.3 Å². The normalized spacial score (nSPS) is 20.1. The number of nitrogens with zero attached hydrogens (tertiary/aromatic N) is 2. The molecule has 0 aliphatic carbocycles. The average molecular weight is 271 g/mol. The minimum atomic E-state index is 0.601. The first-order valence-electron chi connectivity index (χ1n) is 7.26. The summed E-state index contributed by atoms with van der Waals surface area (Å²) in [6, 6.07) is 12.8. The predicted octanol–water partition coefficient (Wildman–Crippen LogP) is 2.53. The lowest BCUT2D eigenvalue weighted by atomic mass is 10.1. The molecular weight excluding hydrogens is 250 g/mol. The van der Waals surface area contributed by atoms with Gasteiger partial charge >= 0.3 is 0 Å². The number of likely N-dealkylation sites (tertiary alicyclic amines) is 1. The summed E-state index contributed by atoms with van der Waals surface area (Å²) in [6.45, 7) is 3.10. The molecule has 0 saturated carbocycles. The van der Waals surface area contributed by atoms with Gasteiger partial charge in [0.1, 0.15) is 0 Å². The van der Waals surface area contributed by atoms with Gasteiger partial charge in [-0.15, -0.1) is 0 Å². The van der Waals surface area contributed by atoms with Crippen LogP contribution in [0.1, 0.15) is 18.5 Å². The van der Waals surface area contributed by atoms with Crippen molar-refractivity contribution in [3.05, 3.63) is 42.1 Å². The SMILES string of the molecule is CNC1CCCN(Cc2cc(-c3ccccc3)on2)C1. The first-order valence-corrected chi connectivity index (χ1v) is 7.26. The molecular formula is C16H21N3O. The number of nitrogens with one attached hydrogen (secondary N) is 1. The van der Waals surface area contributed by atoms with Gasteiger partial charge in [-0.1, -0.05) is 35.5 Å². The van der Waals surface area contributed by atoms with Gasteiger partial charge in [0.25, 0.3) is 0 Å². The van der Waals surface area contributed by atoms with Gasteiger partial charge in [0, 0.05) is 30.8 Å². The number of benzene rings is 1. The Balaban J connectivity index is 1.65. The number of aromatic nitrogens is 1. The van der Waals surface area contributed by atoms with Gasteiger partial charge in [0.2, 0.25) is 0 Å². The Morgan fingerprint density at radius 1 is 1.35 bits per heavy atom. The van der Waals surface area contributed by atoms with Crippen molar-refractivity contribution in [2.75, 3.05) is 20.1 Å². The summed E-state index contributed by atoms with van der Waals surface area (Å²) in [6.07, 6.45) is 2.51. The molecule has 0 bridgehead atoms. The largest absolute Gasteiger partial charge is 0.356 e. The monoisotopic (exact) mass is 271 g/mol. The Kier molecular flexibility index (Phi) is 4.14. The molecule has 2 heterocycles.